The largest absolute Gasteiger partial charge is 0.480 e. The highest BCUT2D eigenvalue weighted by molar-refractivity contribution is 5.94. The van der Waals surface area contributed by atoms with Gasteiger partial charge in [-0.2, -0.15) is 0 Å². The van der Waals surface area contributed by atoms with Gasteiger partial charge in [-0.25, -0.2) is 4.79 Å². The topological polar surface area (TPSA) is 258 Å². The molecule has 0 aromatic rings. The molecule has 0 aliphatic carbocycles. The maximum atomic E-state index is 13.1. The highest BCUT2D eigenvalue weighted by atomic mass is 16.4. The van der Waals surface area contributed by atoms with E-state index in [2.05, 4.69) is 20.9 Å². The van der Waals surface area contributed by atoms with Crippen LogP contribution < -0.4 is 38.9 Å². The minimum absolute atomic E-state index is 0.00571. The highest BCUT2D eigenvalue weighted by Crippen LogP contribution is 2.11. The number of aliphatic carboxylic acids is 1. The summed E-state index contributed by atoms with van der Waals surface area (Å²) in [6.07, 6.45) is 1.09. The van der Waals surface area contributed by atoms with E-state index in [9.17, 15) is 29.1 Å². The number of nitrogens with one attached hydrogen (secondary N) is 3. The number of hydrogen-bond donors (Lipinski definition) is 8. The summed E-state index contributed by atoms with van der Waals surface area (Å²) in [5.41, 5.74) is 21.7. The fourth-order valence-electron chi connectivity index (χ4n) is 3.40. The number of carboxylic acid groups (broad SMARTS) is 1. The summed E-state index contributed by atoms with van der Waals surface area (Å²) in [5.74, 6) is -4.37. The van der Waals surface area contributed by atoms with Crippen LogP contribution in [0, 0.1) is 11.8 Å². The molecule has 14 heteroatoms. The van der Waals surface area contributed by atoms with Crippen molar-refractivity contribution in [2.24, 2.45) is 39.8 Å². The number of primary amides is 1. The minimum atomic E-state index is -1.24. The molecule has 4 amide bonds. The van der Waals surface area contributed by atoms with Crippen LogP contribution in [0.2, 0.25) is 0 Å². The number of hydrogen-bond acceptors (Lipinski definition) is 7. The standard InChI is InChI=1S/C23H44N8O6/c1-5-13(4)18(22(36)37)31-20(34)15(8-9-17(25)32)29-21(35)16(11-12(2)3)30-19(33)14(24)7-6-10-28-23(26)27/h12-16,18H,5-11,24H2,1-4H3,(H2,25,32)(H,29,35)(H,30,33)(H,31,34)(H,36,37)(H4,26,27,28). The first-order chi connectivity index (χ1) is 17.2. The molecule has 0 saturated heterocycles. The van der Waals surface area contributed by atoms with Crippen molar-refractivity contribution in [3.05, 3.63) is 0 Å². The zero-order valence-corrected chi connectivity index (χ0v) is 22.2. The summed E-state index contributed by atoms with van der Waals surface area (Å²) >= 11 is 0. The van der Waals surface area contributed by atoms with Crippen LogP contribution >= 0.6 is 0 Å². The van der Waals surface area contributed by atoms with Gasteiger partial charge in [0, 0.05) is 13.0 Å². The Morgan fingerprint density at radius 3 is 1.92 bits per heavy atom. The van der Waals surface area contributed by atoms with Crippen molar-refractivity contribution in [2.45, 2.75) is 90.4 Å². The first-order valence-corrected chi connectivity index (χ1v) is 12.4. The second-order valence-electron chi connectivity index (χ2n) is 9.52. The zero-order chi connectivity index (χ0) is 28.7. The smallest absolute Gasteiger partial charge is 0.326 e. The number of carbonyl (C=O) groups is 5. The second kappa shape index (κ2) is 17.1. The van der Waals surface area contributed by atoms with Gasteiger partial charge in [-0.1, -0.05) is 34.1 Å². The Morgan fingerprint density at radius 2 is 1.43 bits per heavy atom. The Kier molecular flexibility index (Phi) is 15.5. The summed E-state index contributed by atoms with van der Waals surface area (Å²) < 4.78 is 0. The second-order valence-corrected chi connectivity index (χ2v) is 9.52. The third-order valence-corrected chi connectivity index (χ3v) is 5.73. The molecule has 0 rings (SSSR count). The van der Waals surface area contributed by atoms with Crippen molar-refractivity contribution in [1.82, 2.24) is 16.0 Å². The quantitative estimate of drug-likeness (QED) is 0.0569. The molecule has 14 nitrogen and oxygen atoms in total. The van der Waals surface area contributed by atoms with E-state index in [-0.39, 0.29) is 43.5 Å². The van der Waals surface area contributed by atoms with Crippen molar-refractivity contribution in [1.29, 1.82) is 0 Å². The van der Waals surface area contributed by atoms with E-state index in [4.69, 9.17) is 22.9 Å². The van der Waals surface area contributed by atoms with Crippen molar-refractivity contribution in [3.63, 3.8) is 0 Å². The van der Waals surface area contributed by atoms with Gasteiger partial charge in [0.2, 0.25) is 23.6 Å². The van der Waals surface area contributed by atoms with Crippen LogP contribution in [0.15, 0.2) is 4.99 Å². The van der Waals surface area contributed by atoms with Crippen molar-refractivity contribution in [3.8, 4) is 0 Å². The van der Waals surface area contributed by atoms with Crippen molar-refractivity contribution >= 4 is 35.6 Å². The van der Waals surface area contributed by atoms with Gasteiger partial charge in [-0.3, -0.25) is 24.2 Å². The molecule has 37 heavy (non-hydrogen) atoms. The lowest BCUT2D eigenvalue weighted by Crippen LogP contribution is -2.58. The summed E-state index contributed by atoms with van der Waals surface area (Å²) in [4.78, 5) is 65.5. The molecular formula is C23H44N8O6. The van der Waals surface area contributed by atoms with Crippen LogP contribution in [-0.4, -0.2) is 71.4 Å². The van der Waals surface area contributed by atoms with Crippen molar-refractivity contribution in [2.75, 3.05) is 6.54 Å². The average Bonchev–Trinajstić information content (AvgIpc) is 2.80. The first-order valence-electron chi connectivity index (χ1n) is 12.4. The van der Waals surface area contributed by atoms with E-state index in [0.717, 1.165) is 0 Å². The summed E-state index contributed by atoms with van der Waals surface area (Å²) in [6.45, 7) is 7.45. The van der Waals surface area contributed by atoms with Crippen LogP contribution in [0.25, 0.3) is 0 Å². The minimum Gasteiger partial charge on any atom is -0.480 e. The van der Waals surface area contributed by atoms with Gasteiger partial charge in [0.1, 0.15) is 18.1 Å². The molecule has 0 aromatic heterocycles. The fraction of sp³-hybridized carbons (Fsp3) is 0.739. The molecule has 0 aliphatic heterocycles. The molecule has 5 atom stereocenters. The summed E-state index contributed by atoms with van der Waals surface area (Å²) in [7, 11) is 0. The molecular weight excluding hydrogens is 484 g/mol. The Hall–Kier alpha value is -3.42. The van der Waals surface area contributed by atoms with Crippen LogP contribution in [0.5, 0.6) is 0 Å². The molecule has 0 saturated carbocycles. The maximum Gasteiger partial charge on any atom is 0.326 e. The van der Waals surface area contributed by atoms with Gasteiger partial charge in [0.05, 0.1) is 6.04 Å². The highest BCUT2D eigenvalue weighted by Gasteiger charge is 2.32. The number of guanidine groups is 1. The fourth-order valence-corrected chi connectivity index (χ4v) is 3.40. The van der Waals surface area contributed by atoms with Crippen LogP contribution in [0.1, 0.15) is 66.2 Å². The zero-order valence-electron chi connectivity index (χ0n) is 22.2. The van der Waals surface area contributed by atoms with E-state index < -0.39 is 53.8 Å². The molecule has 0 aromatic carbocycles. The number of nitrogens with zero attached hydrogens (tertiary/aromatic N) is 1. The third-order valence-electron chi connectivity index (χ3n) is 5.73. The SMILES string of the molecule is CCC(C)C(NC(=O)C(CCC(N)=O)NC(=O)C(CC(C)C)NC(=O)C(N)CCCN=C(N)N)C(=O)O. The van der Waals surface area contributed by atoms with E-state index in [0.29, 0.717) is 19.4 Å². The number of nitrogens with two attached hydrogens (primary N) is 4. The molecule has 0 heterocycles. The predicted molar refractivity (Wildman–Crippen MR) is 139 cm³/mol. The average molecular weight is 529 g/mol. The van der Waals surface area contributed by atoms with Crippen molar-refractivity contribution < 1.29 is 29.1 Å². The number of rotatable bonds is 18. The summed E-state index contributed by atoms with van der Waals surface area (Å²) in [5, 5.41) is 17.1. The lowest BCUT2D eigenvalue weighted by molar-refractivity contribution is -0.144. The summed E-state index contributed by atoms with van der Waals surface area (Å²) in [6, 6.07) is -4.37. The molecule has 0 fully saturated rings. The third kappa shape index (κ3) is 14.0. The molecule has 0 radical (unpaired) electrons. The van der Waals surface area contributed by atoms with Gasteiger partial charge in [0.25, 0.3) is 0 Å². The van der Waals surface area contributed by atoms with Gasteiger partial charge in [-0.15, -0.1) is 0 Å². The molecule has 5 unspecified atom stereocenters. The molecule has 0 bridgehead atoms. The van der Waals surface area contributed by atoms with E-state index in [1.165, 1.54) is 0 Å². The van der Waals surface area contributed by atoms with Crippen LogP contribution in [0.3, 0.4) is 0 Å². The lowest BCUT2D eigenvalue weighted by Gasteiger charge is -2.27. The first kappa shape index (κ1) is 33.6. The normalized spacial score (nSPS) is 15.0. The van der Waals surface area contributed by atoms with E-state index >= 15 is 0 Å². The number of carbonyl (C=O) groups excluding carboxylic acids is 4. The number of amides is 4. The van der Waals surface area contributed by atoms with Gasteiger partial charge in [-0.05, 0) is 37.5 Å². The van der Waals surface area contributed by atoms with Crippen LogP contribution in [0.4, 0.5) is 0 Å². The molecule has 0 spiro atoms. The number of carboxylic acids is 1. The molecule has 0 aliphatic rings. The monoisotopic (exact) mass is 528 g/mol. The Labute approximate surface area is 217 Å². The Bertz CT molecular complexity index is 815. The Morgan fingerprint density at radius 1 is 0.865 bits per heavy atom. The van der Waals surface area contributed by atoms with Crippen LogP contribution in [-0.2, 0) is 24.0 Å². The number of aliphatic imine (C=N–C) groups is 1. The van der Waals surface area contributed by atoms with E-state index in [1.54, 1.807) is 13.8 Å². The van der Waals surface area contributed by atoms with Gasteiger partial charge < -0.3 is 44.0 Å². The van der Waals surface area contributed by atoms with Gasteiger partial charge in [0.15, 0.2) is 5.96 Å². The van der Waals surface area contributed by atoms with Gasteiger partial charge >= 0.3 is 5.97 Å². The Balaban J connectivity index is 5.52. The lowest BCUT2D eigenvalue weighted by atomic mass is 9.98. The van der Waals surface area contributed by atoms with E-state index in [1.807, 2.05) is 13.8 Å². The predicted octanol–water partition coefficient (Wildman–Crippen LogP) is -1.74. The maximum absolute atomic E-state index is 13.1. The molecule has 12 N–H and O–H groups in total. The molecule has 212 valence electrons.